The molecule has 1 aromatic heterocycles. The van der Waals surface area contributed by atoms with Gasteiger partial charge in [0.05, 0.1) is 18.8 Å². The third-order valence-corrected chi connectivity index (χ3v) is 6.08. The Bertz CT molecular complexity index is 654. The van der Waals surface area contributed by atoms with Crippen LogP contribution in [0.3, 0.4) is 0 Å². The van der Waals surface area contributed by atoms with Crippen LogP contribution in [0.25, 0.3) is 0 Å². The molecule has 8 nitrogen and oxygen atoms in total. The number of nitrogens with zero attached hydrogens (tertiary/aromatic N) is 2. The van der Waals surface area contributed by atoms with Crippen molar-refractivity contribution in [1.82, 2.24) is 19.0 Å². The van der Waals surface area contributed by atoms with E-state index in [0.29, 0.717) is 13.0 Å². The third-order valence-electron chi connectivity index (χ3n) is 3.47. The van der Waals surface area contributed by atoms with Gasteiger partial charge in [0.1, 0.15) is 0 Å². The van der Waals surface area contributed by atoms with E-state index in [0.717, 1.165) is 25.5 Å². The molecule has 0 bridgehead atoms. The summed E-state index contributed by atoms with van der Waals surface area (Å²) in [6, 6.07) is -0.193. The number of H-pyrrole nitrogens is 1. The molecule has 0 aromatic carbocycles. The first-order chi connectivity index (χ1) is 9.81. The predicted molar refractivity (Wildman–Crippen MR) is 77.6 cm³/mol. The second-order valence-corrected chi connectivity index (χ2v) is 8.83. The monoisotopic (exact) mass is 336 g/mol. The summed E-state index contributed by atoms with van der Waals surface area (Å²) in [7, 11) is -6.85. The van der Waals surface area contributed by atoms with Gasteiger partial charge in [-0.3, -0.25) is 0 Å². The Morgan fingerprint density at radius 1 is 1.38 bits per heavy atom. The first-order valence-corrected chi connectivity index (χ1v) is 10.1. The van der Waals surface area contributed by atoms with Crippen LogP contribution in [0.1, 0.15) is 25.7 Å². The number of nitrogens with one attached hydrogen (secondary N) is 2. The zero-order chi connectivity index (χ0) is 15.5. The van der Waals surface area contributed by atoms with E-state index in [1.165, 1.54) is 16.8 Å². The summed E-state index contributed by atoms with van der Waals surface area (Å²) in [5, 5.41) is 0.0745. The van der Waals surface area contributed by atoms with Crippen molar-refractivity contribution in [3.05, 3.63) is 12.5 Å². The lowest BCUT2D eigenvalue weighted by molar-refractivity contribution is 0.241. The van der Waals surface area contributed by atoms with E-state index in [-0.39, 0.29) is 17.6 Å². The van der Waals surface area contributed by atoms with Gasteiger partial charge in [-0.15, -0.1) is 0 Å². The van der Waals surface area contributed by atoms with Gasteiger partial charge in [0.2, 0.25) is 10.0 Å². The van der Waals surface area contributed by atoms with Crippen molar-refractivity contribution < 1.29 is 16.8 Å². The van der Waals surface area contributed by atoms with Gasteiger partial charge in [-0.2, -0.15) is 4.31 Å². The van der Waals surface area contributed by atoms with Gasteiger partial charge >= 0.3 is 0 Å². The molecule has 0 saturated carbocycles. The lowest BCUT2D eigenvalue weighted by atomic mass is 10.0. The van der Waals surface area contributed by atoms with Crippen molar-refractivity contribution in [3.8, 4) is 0 Å². The molecule has 1 fully saturated rings. The Kier molecular flexibility index (Phi) is 5.02. The molecule has 0 aliphatic carbocycles. The minimum Gasteiger partial charge on any atom is -0.335 e. The Balaban J connectivity index is 2.09. The number of imidazole rings is 1. The van der Waals surface area contributed by atoms with Crippen LogP contribution in [0.4, 0.5) is 0 Å². The van der Waals surface area contributed by atoms with E-state index in [4.69, 9.17) is 0 Å². The van der Waals surface area contributed by atoms with Crippen LogP contribution in [-0.2, 0) is 20.0 Å². The third kappa shape index (κ3) is 4.25. The fourth-order valence-electron chi connectivity index (χ4n) is 2.50. The van der Waals surface area contributed by atoms with Crippen LogP contribution in [-0.4, -0.2) is 56.5 Å². The van der Waals surface area contributed by atoms with Crippen LogP contribution in [0.15, 0.2) is 17.6 Å². The minimum absolute atomic E-state index is 0.0745. The molecule has 0 radical (unpaired) electrons. The normalized spacial score (nSPS) is 21.5. The molecule has 0 amide bonds. The van der Waals surface area contributed by atoms with Crippen LogP contribution in [0.5, 0.6) is 0 Å². The van der Waals surface area contributed by atoms with Gasteiger partial charge in [0.15, 0.2) is 5.03 Å². The van der Waals surface area contributed by atoms with Crippen molar-refractivity contribution in [2.45, 2.75) is 36.8 Å². The average molecular weight is 336 g/mol. The predicted octanol–water partition coefficient (Wildman–Crippen LogP) is -0.108. The molecule has 1 unspecified atom stereocenters. The molecule has 0 spiro atoms. The largest absolute Gasteiger partial charge is 0.335 e. The van der Waals surface area contributed by atoms with Crippen LogP contribution >= 0.6 is 0 Å². The topological polar surface area (TPSA) is 112 Å². The van der Waals surface area contributed by atoms with E-state index >= 15 is 0 Å². The quantitative estimate of drug-likeness (QED) is 0.753. The molecule has 120 valence electrons. The van der Waals surface area contributed by atoms with E-state index in [1.807, 2.05) is 0 Å². The van der Waals surface area contributed by atoms with Crippen LogP contribution in [0, 0.1) is 0 Å². The number of hydrogen-bond donors (Lipinski definition) is 2. The lowest BCUT2D eigenvalue weighted by Crippen LogP contribution is -2.45. The Labute approximate surface area is 125 Å². The second-order valence-electron chi connectivity index (χ2n) is 5.14. The van der Waals surface area contributed by atoms with E-state index in [1.54, 1.807) is 0 Å². The summed E-state index contributed by atoms with van der Waals surface area (Å²) in [5.74, 6) is 0. The molecule has 1 atom stereocenters. The van der Waals surface area contributed by atoms with Gasteiger partial charge in [0.25, 0.3) is 10.0 Å². The Morgan fingerprint density at radius 2 is 2.14 bits per heavy atom. The number of aromatic amines is 1. The van der Waals surface area contributed by atoms with Gasteiger partial charge in [0, 0.05) is 19.1 Å². The van der Waals surface area contributed by atoms with Gasteiger partial charge in [-0.05, 0) is 19.3 Å². The molecule has 1 saturated heterocycles. The van der Waals surface area contributed by atoms with Crippen molar-refractivity contribution in [2.24, 2.45) is 0 Å². The smallest absolute Gasteiger partial charge is 0.260 e. The Morgan fingerprint density at radius 3 is 2.76 bits per heavy atom. The van der Waals surface area contributed by atoms with E-state index in [2.05, 4.69) is 14.7 Å². The van der Waals surface area contributed by atoms with E-state index in [9.17, 15) is 16.8 Å². The summed E-state index contributed by atoms with van der Waals surface area (Å²) in [5.41, 5.74) is 0. The van der Waals surface area contributed by atoms with E-state index < -0.39 is 20.0 Å². The summed E-state index contributed by atoms with van der Waals surface area (Å²) >= 11 is 0. The SMILES string of the molecule is CS(=O)(=O)NCCC1CCCCN1S(=O)(=O)c1cnc[nH]1. The summed E-state index contributed by atoms with van der Waals surface area (Å²) in [6.45, 7) is 0.684. The molecule has 21 heavy (non-hydrogen) atoms. The zero-order valence-corrected chi connectivity index (χ0v) is 13.5. The fourth-order valence-corrected chi connectivity index (χ4v) is 4.61. The maximum atomic E-state index is 12.5. The average Bonchev–Trinajstić information content (AvgIpc) is 2.92. The van der Waals surface area contributed by atoms with Crippen LogP contribution < -0.4 is 4.72 Å². The number of sulfonamides is 2. The summed E-state index contributed by atoms with van der Waals surface area (Å²) < 4.78 is 51.1. The van der Waals surface area contributed by atoms with Gasteiger partial charge in [-0.1, -0.05) is 6.42 Å². The number of aromatic nitrogens is 2. The Hall–Kier alpha value is -0.970. The van der Waals surface area contributed by atoms with Gasteiger partial charge < -0.3 is 4.98 Å². The van der Waals surface area contributed by atoms with Gasteiger partial charge in [-0.25, -0.2) is 26.5 Å². The van der Waals surface area contributed by atoms with Crippen molar-refractivity contribution >= 4 is 20.0 Å². The standard InChI is InChI=1S/C11H20N4O4S2/c1-20(16,17)14-6-5-10-4-2-3-7-15(10)21(18,19)11-8-12-9-13-11/h8-10,14H,2-7H2,1H3,(H,12,13). The summed E-state index contributed by atoms with van der Waals surface area (Å²) in [6.07, 6.45) is 6.65. The highest BCUT2D eigenvalue weighted by Crippen LogP contribution is 2.25. The number of piperidine rings is 1. The fraction of sp³-hybridized carbons (Fsp3) is 0.727. The number of rotatable bonds is 6. The first kappa shape index (κ1) is 16.4. The highest BCUT2D eigenvalue weighted by molar-refractivity contribution is 7.89. The molecular weight excluding hydrogens is 316 g/mol. The maximum Gasteiger partial charge on any atom is 0.260 e. The lowest BCUT2D eigenvalue weighted by Gasteiger charge is -2.34. The molecule has 1 aliphatic heterocycles. The van der Waals surface area contributed by atoms with Crippen molar-refractivity contribution in [1.29, 1.82) is 0 Å². The van der Waals surface area contributed by atoms with Crippen molar-refractivity contribution in [3.63, 3.8) is 0 Å². The van der Waals surface area contributed by atoms with Crippen molar-refractivity contribution in [2.75, 3.05) is 19.3 Å². The second kappa shape index (κ2) is 6.42. The molecule has 2 heterocycles. The maximum absolute atomic E-state index is 12.5. The molecule has 10 heteroatoms. The minimum atomic E-state index is -3.60. The van der Waals surface area contributed by atoms with Crippen LogP contribution in [0.2, 0.25) is 0 Å². The molecule has 2 rings (SSSR count). The number of hydrogen-bond acceptors (Lipinski definition) is 5. The molecular formula is C11H20N4O4S2. The first-order valence-electron chi connectivity index (χ1n) is 6.75. The molecule has 2 N–H and O–H groups in total. The molecule has 1 aliphatic rings. The highest BCUT2D eigenvalue weighted by Gasteiger charge is 2.34. The molecule has 1 aromatic rings. The highest BCUT2D eigenvalue weighted by atomic mass is 32.2. The summed E-state index contributed by atoms with van der Waals surface area (Å²) in [4.78, 5) is 6.37. The zero-order valence-electron chi connectivity index (χ0n) is 11.8.